The van der Waals surface area contributed by atoms with Crippen LogP contribution in [0.3, 0.4) is 0 Å². The minimum atomic E-state index is -0.108. The zero-order valence-electron chi connectivity index (χ0n) is 24.7. The summed E-state index contributed by atoms with van der Waals surface area (Å²) in [5.41, 5.74) is 4.49. The Morgan fingerprint density at radius 1 is 0.878 bits per heavy atom. The molecule has 0 spiro atoms. The summed E-state index contributed by atoms with van der Waals surface area (Å²) < 4.78 is 16.5. The number of methoxy groups -OCH3 is 3. The summed E-state index contributed by atoms with van der Waals surface area (Å²) >= 11 is 0. The van der Waals surface area contributed by atoms with E-state index in [0.717, 1.165) is 35.1 Å². The lowest BCUT2D eigenvalue weighted by Gasteiger charge is -2.35. The maximum Gasteiger partial charge on any atom is 0.254 e. The predicted molar refractivity (Wildman–Crippen MR) is 162 cm³/mol. The van der Waals surface area contributed by atoms with Gasteiger partial charge in [0.05, 0.1) is 21.3 Å². The van der Waals surface area contributed by atoms with Gasteiger partial charge < -0.3 is 24.0 Å². The number of piperidine rings is 1. The number of hydrogen-bond donors (Lipinski definition) is 0. The van der Waals surface area contributed by atoms with Crippen molar-refractivity contribution in [1.82, 2.24) is 9.80 Å². The molecule has 41 heavy (non-hydrogen) atoms. The van der Waals surface area contributed by atoms with E-state index in [0.29, 0.717) is 49.0 Å². The fraction of sp³-hybridized carbons (Fsp3) is 0.353. The standard InChI is InChI=1S/C34H40N2O5/c1-24-11-13-28(14-12-24)33(37)35-17-15-27(16-18-35)23-36(22-25(2)19-26-9-7-6-8-10-26)34(38)29-20-30(39-3)32(41-5)31(21-29)40-4/h6-14,19-21,27H,15-18,22-23H2,1-5H3/b25-19+. The highest BCUT2D eigenvalue weighted by molar-refractivity contribution is 5.96. The molecule has 1 fully saturated rings. The van der Waals surface area contributed by atoms with Crippen molar-refractivity contribution in [2.45, 2.75) is 26.7 Å². The topological polar surface area (TPSA) is 68.3 Å². The Bertz CT molecular complexity index is 1330. The molecule has 7 heteroatoms. The van der Waals surface area contributed by atoms with Gasteiger partial charge in [-0.3, -0.25) is 9.59 Å². The Kier molecular flexibility index (Phi) is 10.1. The molecule has 0 bridgehead atoms. The van der Waals surface area contributed by atoms with Crippen LogP contribution in [0.1, 0.15) is 51.6 Å². The van der Waals surface area contributed by atoms with Crippen LogP contribution in [0.25, 0.3) is 6.08 Å². The molecule has 0 aliphatic carbocycles. The highest BCUT2D eigenvalue weighted by Gasteiger charge is 2.28. The first kappa shape index (κ1) is 29.7. The van der Waals surface area contributed by atoms with Crippen LogP contribution in [0.5, 0.6) is 17.2 Å². The third-order valence-corrected chi connectivity index (χ3v) is 7.53. The second kappa shape index (κ2) is 13.9. The van der Waals surface area contributed by atoms with Gasteiger partial charge in [-0.2, -0.15) is 0 Å². The van der Waals surface area contributed by atoms with E-state index in [1.807, 2.05) is 66.1 Å². The number of ether oxygens (including phenoxy) is 3. The molecule has 1 saturated heterocycles. The van der Waals surface area contributed by atoms with Gasteiger partial charge in [-0.1, -0.05) is 59.7 Å². The highest BCUT2D eigenvalue weighted by atomic mass is 16.5. The minimum Gasteiger partial charge on any atom is -0.493 e. The number of benzene rings is 3. The molecule has 3 aromatic carbocycles. The molecule has 0 radical (unpaired) electrons. The van der Waals surface area contributed by atoms with Gasteiger partial charge in [-0.05, 0) is 62.4 Å². The van der Waals surface area contributed by atoms with Crippen LogP contribution in [0.2, 0.25) is 0 Å². The van der Waals surface area contributed by atoms with Gasteiger partial charge in [0.25, 0.3) is 11.8 Å². The summed E-state index contributed by atoms with van der Waals surface area (Å²) in [6.07, 6.45) is 3.77. The third-order valence-electron chi connectivity index (χ3n) is 7.53. The quantitative estimate of drug-likeness (QED) is 0.301. The number of rotatable bonds is 10. The first-order chi connectivity index (χ1) is 19.8. The zero-order chi connectivity index (χ0) is 29.4. The SMILES string of the molecule is COc1cc(C(=O)N(C/C(C)=C/c2ccccc2)CC2CCN(C(=O)c3ccc(C)cc3)CC2)cc(OC)c1OC. The van der Waals surface area contributed by atoms with Crippen molar-refractivity contribution in [3.8, 4) is 17.2 Å². The lowest BCUT2D eigenvalue weighted by molar-refractivity contribution is 0.0619. The summed E-state index contributed by atoms with van der Waals surface area (Å²) in [6.45, 7) is 6.47. The van der Waals surface area contributed by atoms with E-state index in [2.05, 4.69) is 18.2 Å². The van der Waals surface area contributed by atoms with Crippen LogP contribution in [-0.2, 0) is 0 Å². The predicted octanol–water partition coefficient (Wildman–Crippen LogP) is 6.12. The summed E-state index contributed by atoms with van der Waals surface area (Å²) in [5, 5.41) is 0. The molecule has 4 rings (SSSR count). The van der Waals surface area contributed by atoms with E-state index < -0.39 is 0 Å². The summed E-state index contributed by atoms with van der Waals surface area (Å²) in [5.74, 6) is 1.55. The van der Waals surface area contributed by atoms with Crippen molar-refractivity contribution in [2.24, 2.45) is 5.92 Å². The Morgan fingerprint density at radius 2 is 1.49 bits per heavy atom. The number of amides is 2. The molecule has 1 aliphatic heterocycles. The van der Waals surface area contributed by atoms with Gasteiger partial charge in [0, 0.05) is 37.3 Å². The number of likely N-dealkylation sites (tertiary alicyclic amines) is 1. The van der Waals surface area contributed by atoms with Crippen molar-refractivity contribution in [2.75, 3.05) is 47.5 Å². The molecule has 1 aliphatic rings. The number of carbonyl (C=O) groups is 2. The van der Waals surface area contributed by atoms with Crippen molar-refractivity contribution in [3.63, 3.8) is 0 Å². The number of hydrogen-bond acceptors (Lipinski definition) is 5. The van der Waals surface area contributed by atoms with Crippen LogP contribution in [0.15, 0.2) is 72.3 Å². The maximum absolute atomic E-state index is 14.0. The van der Waals surface area contributed by atoms with Gasteiger partial charge >= 0.3 is 0 Å². The first-order valence-corrected chi connectivity index (χ1v) is 14.0. The second-order valence-electron chi connectivity index (χ2n) is 10.6. The largest absolute Gasteiger partial charge is 0.493 e. The van der Waals surface area contributed by atoms with E-state index in [4.69, 9.17) is 14.2 Å². The van der Waals surface area contributed by atoms with Gasteiger partial charge in [-0.15, -0.1) is 0 Å². The normalized spacial score (nSPS) is 14.0. The molecule has 216 valence electrons. The van der Waals surface area contributed by atoms with Gasteiger partial charge in [0.15, 0.2) is 11.5 Å². The molecule has 3 aromatic rings. The molecule has 0 unspecified atom stereocenters. The number of carbonyl (C=O) groups excluding carboxylic acids is 2. The maximum atomic E-state index is 14.0. The van der Waals surface area contributed by atoms with E-state index in [1.54, 1.807) is 33.5 Å². The molecule has 0 aromatic heterocycles. The molecule has 1 heterocycles. The summed E-state index contributed by atoms with van der Waals surface area (Å²) in [6, 6.07) is 21.2. The average molecular weight is 557 g/mol. The van der Waals surface area contributed by atoms with Crippen LogP contribution < -0.4 is 14.2 Å². The smallest absolute Gasteiger partial charge is 0.254 e. The van der Waals surface area contributed by atoms with E-state index in [-0.39, 0.29) is 17.7 Å². The van der Waals surface area contributed by atoms with Gasteiger partial charge in [0.2, 0.25) is 5.75 Å². The minimum absolute atomic E-state index is 0.0652. The zero-order valence-corrected chi connectivity index (χ0v) is 24.7. The fourth-order valence-corrected chi connectivity index (χ4v) is 5.30. The third kappa shape index (κ3) is 7.48. The van der Waals surface area contributed by atoms with Gasteiger partial charge in [-0.25, -0.2) is 0 Å². The Labute approximate surface area is 243 Å². The van der Waals surface area contributed by atoms with E-state index >= 15 is 0 Å². The van der Waals surface area contributed by atoms with E-state index in [1.165, 1.54) is 0 Å². The van der Waals surface area contributed by atoms with Crippen molar-refractivity contribution < 1.29 is 23.8 Å². The van der Waals surface area contributed by atoms with Crippen LogP contribution in [0.4, 0.5) is 0 Å². The average Bonchev–Trinajstić information content (AvgIpc) is 3.00. The van der Waals surface area contributed by atoms with Crippen molar-refractivity contribution >= 4 is 17.9 Å². The molecular formula is C34H40N2O5. The molecule has 0 atom stereocenters. The molecule has 7 nitrogen and oxygen atoms in total. The van der Waals surface area contributed by atoms with Crippen LogP contribution in [0, 0.1) is 12.8 Å². The molecule has 2 amide bonds. The Morgan fingerprint density at radius 3 is 2.05 bits per heavy atom. The second-order valence-corrected chi connectivity index (χ2v) is 10.6. The summed E-state index contributed by atoms with van der Waals surface area (Å²) in [4.78, 5) is 30.9. The number of nitrogens with zero attached hydrogens (tertiary/aromatic N) is 2. The molecule has 0 N–H and O–H groups in total. The van der Waals surface area contributed by atoms with Crippen LogP contribution >= 0.6 is 0 Å². The van der Waals surface area contributed by atoms with Crippen molar-refractivity contribution in [1.29, 1.82) is 0 Å². The summed E-state index contributed by atoms with van der Waals surface area (Å²) in [7, 11) is 4.63. The highest BCUT2D eigenvalue weighted by Crippen LogP contribution is 2.38. The first-order valence-electron chi connectivity index (χ1n) is 14.0. The monoisotopic (exact) mass is 556 g/mol. The van der Waals surface area contributed by atoms with Crippen LogP contribution in [-0.4, -0.2) is 69.1 Å². The molecular weight excluding hydrogens is 516 g/mol. The Balaban J connectivity index is 1.53. The van der Waals surface area contributed by atoms with Crippen molar-refractivity contribution in [3.05, 3.63) is 94.6 Å². The number of aryl methyl sites for hydroxylation is 1. The van der Waals surface area contributed by atoms with Gasteiger partial charge in [0.1, 0.15) is 0 Å². The van der Waals surface area contributed by atoms with E-state index in [9.17, 15) is 9.59 Å². The lowest BCUT2D eigenvalue weighted by atomic mass is 9.95. The molecule has 0 saturated carbocycles. The lowest BCUT2D eigenvalue weighted by Crippen LogP contribution is -2.43. The Hall–Kier alpha value is -4.26. The fourth-order valence-electron chi connectivity index (χ4n) is 5.30.